The lowest BCUT2D eigenvalue weighted by Crippen LogP contribution is -2.07. The molecule has 3 rings (SSSR count). The second-order valence-corrected chi connectivity index (χ2v) is 14.8. The smallest absolute Gasteiger partial charge is 0.192 e. The van der Waals surface area contributed by atoms with Gasteiger partial charge in [0.2, 0.25) is 0 Å². The van der Waals surface area contributed by atoms with Gasteiger partial charge in [0.15, 0.2) is 13.6 Å². The average molecular weight is 531 g/mol. The highest BCUT2D eigenvalue weighted by atomic mass is 35.9. The van der Waals surface area contributed by atoms with Crippen molar-refractivity contribution in [3.63, 3.8) is 0 Å². The van der Waals surface area contributed by atoms with E-state index in [1.807, 2.05) is 0 Å². The van der Waals surface area contributed by atoms with E-state index in [4.69, 9.17) is 45.0 Å². The first kappa shape index (κ1) is 25.1. The molecule has 7 heteroatoms. The molecule has 0 aromatic heterocycles. The number of benzene rings is 3. The molecule has 0 atom stereocenters. The van der Waals surface area contributed by atoms with Crippen LogP contribution in [0, 0.1) is 41.5 Å². The van der Waals surface area contributed by atoms with Gasteiger partial charge >= 0.3 is 0 Å². The maximum Gasteiger partial charge on any atom is 0.192 e. The Morgan fingerprint density at radius 1 is 0.581 bits per heavy atom. The fourth-order valence-electron chi connectivity index (χ4n) is 4.57. The van der Waals surface area contributed by atoms with Crippen LogP contribution >= 0.6 is 58.5 Å². The Hall–Kier alpha value is -0.520. The van der Waals surface area contributed by atoms with Crippen molar-refractivity contribution in [3.8, 4) is 22.3 Å². The zero-order chi connectivity index (χ0) is 23.0. The Balaban J connectivity index is 2.47. The summed E-state index contributed by atoms with van der Waals surface area (Å²) in [6.45, 7) is 9.55. The van der Waals surface area contributed by atoms with Crippen LogP contribution in [0.1, 0.15) is 33.4 Å². The van der Waals surface area contributed by atoms with E-state index in [1.54, 1.807) is 4.44 Å². The highest BCUT2D eigenvalue weighted by Gasteiger charge is 2.29. The zero-order valence-electron chi connectivity index (χ0n) is 18.4. The predicted octanol–water partition coefficient (Wildman–Crippen LogP) is 11.1. The van der Waals surface area contributed by atoms with E-state index in [2.05, 4.69) is 84.0 Å². The molecule has 0 saturated carbocycles. The van der Waals surface area contributed by atoms with Crippen LogP contribution in [0.5, 0.6) is 0 Å². The zero-order valence-corrected chi connectivity index (χ0v) is 23.2. The Kier molecular flexibility index (Phi) is 8.24. The summed E-state index contributed by atoms with van der Waals surface area (Å²) < 4.78 is 1.79. The molecule has 0 radical (unpaired) electrons. The fraction of sp³-hybridized carbons (Fsp3) is 0.250. The Bertz CT molecular complexity index is 999. The third-order valence-electron chi connectivity index (χ3n) is 5.42. The fourth-order valence-corrected chi connectivity index (χ4v) is 10.3. The average Bonchev–Trinajstić information content (AvgIpc) is 2.61. The SMILES string of the molecule is Cc1cc(C)c(-c2cccc(-c3c(C)cc(C)cc3C)c2N(P(Cl)Cl)P(Cl)Cl)c(C)c1. The third kappa shape index (κ3) is 5.19. The van der Waals surface area contributed by atoms with Crippen LogP contribution in [-0.4, -0.2) is 0 Å². The number of halogens is 4. The van der Waals surface area contributed by atoms with E-state index < -0.39 is 13.6 Å². The van der Waals surface area contributed by atoms with Crippen molar-refractivity contribution in [1.82, 2.24) is 0 Å². The maximum atomic E-state index is 6.51. The minimum absolute atomic E-state index is 0.889. The predicted molar refractivity (Wildman–Crippen MR) is 145 cm³/mol. The Morgan fingerprint density at radius 2 is 0.903 bits per heavy atom. The molecular formula is C24H25Cl4NP2. The van der Waals surface area contributed by atoms with Gasteiger partial charge in [-0.2, -0.15) is 0 Å². The molecule has 0 heterocycles. The first-order valence-corrected chi connectivity index (χ1v) is 16.1. The molecule has 164 valence electrons. The minimum Gasteiger partial charge on any atom is -0.277 e. The molecule has 0 spiro atoms. The molecule has 0 fully saturated rings. The minimum atomic E-state index is -1.60. The van der Waals surface area contributed by atoms with Crippen molar-refractivity contribution in [2.75, 3.05) is 4.44 Å². The Labute approximate surface area is 207 Å². The van der Waals surface area contributed by atoms with E-state index in [0.717, 1.165) is 27.9 Å². The Morgan fingerprint density at radius 3 is 1.19 bits per heavy atom. The molecule has 1 nitrogen and oxygen atoms in total. The molecule has 0 aliphatic heterocycles. The van der Waals surface area contributed by atoms with Crippen LogP contribution in [0.15, 0.2) is 42.5 Å². The number of para-hydroxylation sites is 1. The van der Waals surface area contributed by atoms with Crippen molar-refractivity contribution in [3.05, 3.63) is 75.8 Å². The second kappa shape index (κ2) is 10.2. The molecule has 0 bridgehead atoms. The number of aryl methyl sites for hydroxylation is 6. The van der Waals surface area contributed by atoms with Crippen molar-refractivity contribution in [2.45, 2.75) is 41.5 Å². The van der Waals surface area contributed by atoms with Crippen LogP contribution in [-0.2, 0) is 0 Å². The number of rotatable bonds is 5. The van der Waals surface area contributed by atoms with Gasteiger partial charge in [0.05, 0.1) is 5.69 Å². The van der Waals surface area contributed by atoms with Gasteiger partial charge < -0.3 is 0 Å². The lowest BCUT2D eigenvalue weighted by Gasteiger charge is -2.31. The van der Waals surface area contributed by atoms with Crippen LogP contribution in [0.4, 0.5) is 5.69 Å². The van der Waals surface area contributed by atoms with Crippen LogP contribution in [0.2, 0.25) is 0 Å². The summed E-state index contributed by atoms with van der Waals surface area (Å²) in [4.78, 5) is 0. The highest BCUT2D eigenvalue weighted by molar-refractivity contribution is 8.18. The molecule has 31 heavy (non-hydrogen) atoms. The highest BCUT2D eigenvalue weighted by Crippen LogP contribution is 2.70. The summed E-state index contributed by atoms with van der Waals surface area (Å²) in [5.74, 6) is 0. The summed E-state index contributed by atoms with van der Waals surface area (Å²) in [5, 5.41) is 0. The molecule has 0 N–H and O–H groups in total. The quantitative estimate of drug-likeness (QED) is 0.296. The van der Waals surface area contributed by atoms with E-state index >= 15 is 0 Å². The van der Waals surface area contributed by atoms with Gasteiger partial charge in [0.25, 0.3) is 0 Å². The lowest BCUT2D eigenvalue weighted by molar-refractivity contribution is 1.31. The van der Waals surface area contributed by atoms with Crippen LogP contribution < -0.4 is 4.44 Å². The van der Waals surface area contributed by atoms with Crippen LogP contribution in [0.3, 0.4) is 0 Å². The normalized spacial score (nSPS) is 11.5. The molecule has 0 aliphatic rings. The number of hydrogen-bond acceptors (Lipinski definition) is 1. The van der Waals surface area contributed by atoms with Gasteiger partial charge in [-0.15, -0.1) is 0 Å². The van der Waals surface area contributed by atoms with Gasteiger partial charge in [-0.05, 0) is 74.9 Å². The van der Waals surface area contributed by atoms with Gasteiger partial charge in [0.1, 0.15) is 0 Å². The molecule has 3 aromatic rings. The van der Waals surface area contributed by atoms with Crippen molar-refractivity contribution < 1.29 is 0 Å². The van der Waals surface area contributed by atoms with Gasteiger partial charge in [-0.1, -0.05) is 98.6 Å². The summed E-state index contributed by atoms with van der Waals surface area (Å²) in [6, 6.07) is 15.1. The summed E-state index contributed by atoms with van der Waals surface area (Å²) in [6.07, 6.45) is 0. The molecule has 0 saturated heterocycles. The summed E-state index contributed by atoms with van der Waals surface area (Å²) in [7, 11) is 0. The van der Waals surface area contributed by atoms with E-state index in [1.165, 1.54) is 33.4 Å². The van der Waals surface area contributed by atoms with Gasteiger partial charge in [-0.25, -0.2) is 0 Å². The summed E-state index contributed by atoms with van der Waals surface area (Å²) in [5.41, 5.74) is 12.5. The lowest BCUT2D eigenvalue weighted by atomic mass is 9.87. The monoisotopic (exact) mass is 529 g/mol. The van der Waals surface area contributed by atoms with Crippen molar-refractivity contribution >= 4 is 64.2 Å². The summed E-state index contributed by atoms with van der Waals surface area (Å²) >= 11 is 26.0. The number of nitrogens with zero attached hydrogens (tertiary/aromatic N) is 1. The molecule has 3 aromatic carbocycles. The molecule has 0 unspecified atom stereocenters. The van der Waals surface area contributed by atoms with Gasteiger partial charge in [0, 0.05) is 11.1 Å². The third-order valence-corrected chi connectivity index (χ3v) is 10.5. The largest absolute Gasteiger partial charge is 0.277 e. The molecule has 0 amide bonds. The standard InChI is InChI=1S/C24H25Cl4NP2/c1-14-10-16(3)22(17(4)11-14)20-8-7-9-21(24(20)29(30(25)26)31(27)28)23-18(5)12-15(2)13-19(23)6/h7-13H,1-6H3. The topological polar surface area (TPSA) is 3.24 Å². The maximum absolute atomic E-state index is 6.51. The molecule has 0 aliphatic carbocycles. The van der Waals surface area contributed by atoms with Gasteiger partial charge in [-0.3, -0.25) is 4.44 Å². The number of hydrogen-bond donors (Lipinski definition) is 0. The first-order valence-electron chi connectivity index (χ1n) is 9.85. The number of anilines is 1. The molecular weight excluding hydrogens is 506 g/mol. The van der Waals surface area contributed by atoms with E-state index in [-0.39, 0.29) is 0 Å². The van der Waals surface area contributed by atoms with Crippen molar-refractivity contribution in [1.29, 1.82) is 0 Å². The van der Waals surface area contributed by atoms with Crippen molar-refractivity contribution in [2.24, 2.45) is 0 Å². The first-order chi connectivity index (χ1) is 14.5. The second-order valence-electron chi connectivity index (χ2n) is 7.97. The van der Waals surface area contributed by atoms with E-state index in [0.29, 0.717) is 0 Å². The van der Waals surface area contributed by atoms with E-state index in [9.17, 15) is 0 Å². The van der Waals surface area contributed by atoms with Crippen LogP contribution in [0.25, 0.3) is 22.3 Å².